The van der Waals surface area contributed by atoms with Crippen molar-refractivity contribution >= 4 is 22.8 Å². The van der Waals surface area contributed by atoms with Crippen molar-refractivity contribution in [1.82, 2.24) is 15.0 Å². The minimum atomic E-state index is -0.164. The van der Waals surface area contributed by atoms with Gasteiger partial charge in [0.25, 0.3) is 5.91 Å². The molecule has 0 spiro atoms. The topological polar surface area (TPSA) is 70.7 Å². The molecule has 2 aromatic heterocycles. The fourth-order valence-corrected chi connectivity index (χ4v) is 2.34. The number of fused-ring (bicyclic) bond motifs is 1. The number of para-hydroxylation sites is 1. The standard InChI is InChI=1S/C16H16N4O/c1-3-11-6-4-5-10(2)14(11)20-16(21)12-7-13-15(17-8-12)19-9-18-13/h4-9H,3H2,1-2H3,(H,20,21)(H,17,18,19). The third kappa shape index (κ3) is 2.50. The van der Waals surface area contributed by atoms with Crippen molar-refractivity contribution in [1.29, 1.82) is 0 Å². The number of pyridine rings is 1. The fourth-order valence-electron chi connectivity index (χ4n) is 2.34. The van der Waals surface area contributed by atoms with Gasteiger partial charge in [-0.2, -0.15) is 0 Å². The van der Waals surface area contributed by atoms with E-state index in [1.54, 1.807) is 18.6 Å². The van der Waals surface area contributed by atoms with Gasteiger partial charge in [-0.3, -0.25) is 4.79 Å². The van der Waals surface area contributed by atoms with Gasteiger partial charge in [0, 0.05) is 11.9 Å². The molecule has 21 heavy (non-hydrogen) atoms. The van der Waals surface area contributed by atoms with Crippen molar-refractivity contribution < 1.29 is 4.79 Å². The van der Waals surface area contributed by atoms with E-state index in [0.717, 1.165) is 28.8 Å². The largest absolute Gasteiger partial charge is 0.343 e. The van der Waals surface area contributed by atoms with Crippen LogP contribution in [-0.2, 0) is 6.42 Å². The second kappa shape index (κ2) is 5.36. The third-order valence-electron chi connectivity index (χ3n) is 3.51. The summed E-state index contributed by atoms with van der Waals surface area (Å²) in [6, 6.07) is 7.78. The number of hydrogen-bond acceptors (Lipinski definition) is 3. The zero-order valence-electron chi connectivity index (χ0n) is 12.0. The van der Waals surface area contributed by atoms with Gasteiger partial charge >= 0.3 is 0 Å². The molecule has 0 aliphatic rings. The molecule has 106 valence electrons. The molecule has 1 aromatic carbocycles. The zero-order chi connectivity index (χ0) is 14.8. The van der Waals surface area contributed by atoms with Gasteiger partial charge in [0.2, 0.25) is 0 Å². The minimum absolute atomic E-state index is 0.164. The molecule has 5 nitrogen and oxygen atoms in total. The van der Waals surface area contributed by atoms with Crippen LogP contribution in [0.25, 0.3) is 11.2 Å². The maximum Gasteiger partial charge on any atom is 0.257 e. The van der Waals surface area contributed by atoms with E-state index in [1.165, 1.54) is 0 Å². The number of carbonyl (C=O) groups is 1. The highest BCUT2D eigenvalue weighted by Crippen LogP contribution is 2.22. The molecule has 0 aliphatic carbocycles. The van der Waals surface area contributed by atoms with Crippen LogP contribution in [0.2, 0.25) is 0 Å². The number of benzene rings is 1. The minimum Gasteiger partial charge on any atom is -0.343 e. The second-order valence-electron chi connectivity index (χ2n) is 4.91. The average Bonchev–Trinajstić information content (AvgIpc) is 2.96. The Labute approximate surface area is 122 Å². The number of amides is 1. The number of imidazole rings is 1. The number of carbonyl (C=O) groups excluding carboxylic acids is 1. The highest BCUT2D eigenvalue weighted by molar-refractivity contribution is 6.06. The molecule has 2 N–H and O–H groups in total. The van der Waals surface area contributed by atoms with Gasteiger partial charge in [-0.25, -0.2) is 9.97 Å². The molecule has 5 heteroatoms. The molecule has 0 saturated heterocycles. The zero-order valence-corrected chi connectivity index (χ0v) is 12.0. The summed E-state index contributed by atoms with van der Waals surface area (Å²) in [4.78, 5) is 23.6. The van der Waals surface area contributed by atoms with Crippen molar-refractivity contribution in [3.63, 3.8) is 0 Å². The summed E-state index contributed by atoms with van der Waals surface area (Å²) in [6.07, 6.45) is 3.98. The lowest BCUT2D eigenvalue weighted by molar-refractivity contribution is 0.102. The number of aromatic amines is 1. The van der Waals surface area contributed by atoms with E-state index in [9.17, 15) is 4.79 Å². The van der Waals surface area contributed by atoms with Gasteiger partial charge in [0.05, 0.1) is 17.4 Å². The Morgan fingerprint density at radius 2 is 2.19 bits per heavy atom. The van der Waals surface area contributed by atoms with Crippen LogP contribution in [0.5, 0.6) is 0 Å². The first-order valence-electron chi connectivity index (χ1n) is 6.88. The Morgan fingerprint density at radius 1 is 1.33 bits per heavy atom. The Hall–Kier alpha value is -2.69. The molecule has 0 atom stereocenters. The predicted octanol–water partition coefficient (Wildman–Crippen LogP) is 3.08. The number of hydrogen-bond donors (Lipinski definition) is 2. The van der Waals surface area contributed by atoms with Crippen LogP contribution in [0.15, 0.2) is 36.8 Å². The maximum absolute atomic E-state index is 12.4. The lowest BCUT2D eigenvalue weighted by Gasteiger charge is -2.12. The summed E-state index contributed by atoms with van der Waals surface area (Å²) in [5, 5.41) is 2.99. The number of aromatic nitrogens is 3. The van der Waals surface area contributed by atoms with Crippen molar-refractivity contribution in [3.05, 3.63) is 53.5 Å². The first-order valence-corrected chi connectivity index (χ1v) is 6.88. The van der Waals surface area contributed by atoms with Crippen LogP contribution in [0, 0.1) is 6.92 Å². The molecular formula is C16H16N4O. The van der Waals surface area contributed by atoms with E-state index >= 15 is 0 Å². The van der Waals surface area contributed by atoms with E-state index in [-0.39, 0.29) is 5.91 Å². The van der Waals surface area contributed by atoms with Gasteiger partial charge < -0.3 is 10.3 Å². The quantitative estimate of drug-likeness (QED) is 0.774. The normalized spacial score (nSPS) is 10.8. The van der Waals surface area contributed by atoms with Crippen LogP contribution in [0.1, 0.15) is 28.4 Å². The highest BCUT2D eigenvalue weighted by atomic mass is 16.1. The van der Waals surface area contributed by atoms with E-state index in [1.807, 2.05) is 25.1 Å². The average molecular weight is 280 g/mol. The van der Waals surface area contributed by atoms with Crippen molar-refractivity contribution in [2.75, 3.05) is 5.32 Å². The molecule has 3 aromatic rings. The number of nitrogens with zero attached hydrogens (tertiary/aromatic N) is 2. The first-order chi connectivity index (χ1) is 10.2. The van der Waals surface area contributed by atoms with Crippen molar-refractivity contribution in [3.8, 4) is 0 Å². The summed E-state index contributed by atoms with van der Waals surface area (Å²) in [7, 11) is 0. The van der Waals surface area contributed by atoms with Crippen LogP contribution >= 0.6 is 0 Å². The van der Waals surface area contributed by atoms with Gasteiger partial charge in [-0.1, -0.05) is 25.1 Å². The molecule has 1 amide bonds. The Kier molecular flexibility index (Phi) is 3.39. The Morgan fingerprint density at radius 3 is 3.00 bits per heavy atom. The number of H-pyrrole nitrogens is 1. The van der Waals surface area contributed by atoms with Crippen LogP contribution in [0.4, 0.5) is 5.69 Å². The monoisotopic (exact) mass is 280 g/mol. The molecule has 0 aliphatic heterocycles. The SMILES string of the molecule is CCc1cccc(C)c1NC(=O)c1cnc2nc[nH]c2c1. The summed E-state index contributed by atoms with van der Waals surface area (Å²) >= 11 is 0. The second-order valence-corrected chi connectivity index (χ2v) is 4.91. The van der Waals surface area contributed by atoms with Crippen LogP contribution < -0.4 is 5.32 Å². The highest BCUT2D eigenvalue weighted by Gasteiger charge is 2.12. The predicted molar refractivity (Wildman–Crippen MR) is 82.4 cm³/mol. The molecule has 0 fully saturated rings. The summed E-state index contributed by atoms with van der Waals surface area (Å²) in [5.74, 6) is -0.164. The third-order valence-corrected chi connectivity index (χ3v) is 3.51. The van der Waals surface area contributed by atoms with E-state index in [2.05, 4.69) is 27.2 Å². The van der Waals surface area contributed by atoms with Crippen LogP contribution in [-0.4, -0.2) is 20.9 Å². The van der Waals surface area contributed by atoms with Crippen LogP contribution in [0.3, 0.4) is 0 Å². The van der Waals surface area contributed by atoms with E-state index in [4.69, 9.17) is 0 Å². The number of aryl methyl sites for hydroxylation is 2. The lowest BCUT2D eigenvalue weighted by atomic mass is 10.1. The molecule has 0 bridgehead atoms. The van der Waals surface area contributed by atoms with Gasteiger partial charge in [0.15, 0.2) is 5.65 Å². The molecule has 3 rings (SSSR count). The van der Waals surface area contributed by atoms with E-state index < -0.39 is 0 Å². The number of rotatable bonds is 3. The fraction of sp³-hybridized carbons (Fsp3) is 0.188. The number of nitrogens with one attached hydrogen (secondary N) is 2. The molecular weight excluding hydrogens is 264 g/mol. The summed E-state index contributed by atoms with van der Waals surface area (Å²) in [6.45, 7) is 4.06. The molecule has 0 radical (unpaired) electrons. The Bertz CT molecular complexity index is 807. The molecule has 0 saturated carbocycles. The summed E-state index contributed by atoms with van der Waals surface area (Å²) < 4.78 is 0. The summed E-state index contributed by atoms with van der Waals surface area (Å²) in [5.41, 5.74) is 4.93. The molecule has 2 heterocycles. The van der Waals surface area contributed by atoms with Gasteiger partial charge in [0.1, 0.15) is 0 Å². The van der Waals surface area contributed by atoms with Gasteiger partial charge in [-0.05, 0) is 30.5 Å². The van der Waals surface area contributed by atoms with Gasteiger partial charge in [-0.15, -0.1) is 0 Å². The first kappa shape index (κ1) is 13.3. The van der Waals surface area contributed by atoms with E-state index in [0.29, 0.717) is 11.2 Å². The number of anilines is 1. The molecule has 0 unspecified atom stereocenters. The lowest BCUT2D eigenvalue weighted by Crippen LogP contribution is -2.14. The van der Waals surface area contributed by atoms with Crippen molar-refractivity contribution in [2.24, 2.45) is 0 Å². The Balaban J connectivity index is 1.92. The van der Waals surface area contributed by atoms with Crippen molar-refractivity contribution in [2.45, 2.75) is 20.3 Å². The smallest absolute Gasteiger partial charge is 0.257 e. The maximum atomic E-state index is 12.4.